The molecule has 1 rings (SSSR count). The van der Waals surface area contributed by atoms with Gasteiger partial charge in [-0.25, -0.2) is 0 Å². The Balaban J connectivity index is 3.53. The van der Waals surface area contributed by atoms with Crippen molar-refractivity contribution in [1.82, 2.24) is 0 Å². The highest BCUT2D eigenvalue weighted by atomic mass is 16.6. The van der Waals surface area contributed by atoms with Crippen LogP contribution in [0.3, 0.4) is 0 Å². The van der Waals surface area contributed by atoms with Crippen molar-refractivity contribution >= 4 is 11.4 Å². The molecular formula is C9H12N2O2. The number of nitrogens with two attached hydrogens (primary N) is 1. The normalized spacial score (nSPS) is 10.1. The fourth-order valence-corrected chi connectivity index (χ4v) is 1.47. The fourth-order valence-electron chi connectivity index (χ4n) is 1.47. The third-order valence-electron chi connectivity index (χ3n) is 2.17. The van der Waals surface area contributed by atoms with Crippen LogP contribution in [0.1, 0.15) is 16.7 Å². The van der Waals surface area contributed by atoms with Gasteiger partial charge in [-0.05, 0) is 32.4 Å². The number of aryl methyl sites for hydroxylation is 2. The monoisotopic (exact) mass is 180 g/mol. The minimum Gasteiger partial charge on any atom is -0.398 e. The van der Waals surface area contributed by atoms with Crippen molar-refractivity contribution in [2.75, 3.05) is 5.73 Å². The number of rotatable bonds is 1. The molecule has 0 aliphatic carbocycles. The summed E-state index contributed by atoms with van der Waals surface area (Å²) in [7, 11) is 0. The largest absolute Gasteiger partial charge is 0.398 e. The van der Waals surface area contributed by atoms with Gasteiger partial charge in [0, 0.05) is 11.3 Å². The van der Waals surface area contributed by atoms with Gasteiger partial charge in [0.2, 0.25) is 0 Å². The minimum atomic E-state index is -0.388. The summed E-state index contributed by atoms with van der Waals surface area (Å²) in [6.45, 7) is 5.24. The molecule has 0 saturated heterocycles. The molecular weight excluding hydrogens is 168 g/mol. The highest BCUT2D eigenvalue weighted by Gasteiger charge is 2.17. The molecule has 0 aliphatic rings. The van der Waals surface area contributed by atoms with Crippen molar-refractivity contribution in [3.63, 3.8) is 0 Å². The van der Waals surface area contributed by atoms with Crippen LogP contribution in [0.15, 0.2) is 6.07 Å². The van der Waals surface area contributed by atoms with Crippen molar-refractivity contribution in [1.29, 1.82) is 0 Å². The second-order valence-electron chi connectivity index (χ2n) is 3.15. The van der Waals surface area contributed by atoms with Crippen molar-refractivity contribution in [3.8, 4) is 0 Å². The third-order valence-corrected chi connectivity index (χ3v) is 2.17. The molecule has 0 radical (unpaired) electrons. The SMILES string of the molecule is Cc1cc(C)c([N+](=O)[O-])c(C)c1N. The minimum absolute atomic E-state index is 0.128. The Hall–Kier alpha value is -1.58. The van der Waals surface area contributed by atoms with Gasteiger partial charge in [0.05, 0.1) is 10.5 Å². The van der Waals surface area contributed by atoms with Crippen LogP contribution in [0.5, 0.6) is 0 Å². The number of nitro groups is 1. The molecule has 0 fully saturated rings. The Bertz CT molecular complexity index is 372. The summed E-state index contributed by atoms with van der Waals surface area (Å²) >= 11 is 0. The maximum Gasteiger partial charge on any atom is 0.277 e. The van der Waals surface area contributed by atoms with Crippen LogP contribution >= 0.6 is 0 Å². The summed E-state index contributed by atoms with van der Waals surface area (Å²) in [4.78, 5) is 10.3. The number of nitro benzene ring substituents is 1. The van der Waals surface area contributed by atoms with Crippen LogP contribution < -0.4 is 5.73 Å². The number of hydrogen-bond acceptors (Lipinski definition) is 3. The van der Waals surface area contributed by atoms with E-state index in [9.17, 15) is 10.1 Å². The number of hydrogen-bond donors (Lipinski definition) is 1. The van der Waals surface area contributed by atoms with E-state index in [1.54, 1.807) is 19.9 Å². The smallest absolute Gasteiger partial charge is 0.277 e. The van der Waals surface area contributed by atoms with E-state index >= 15 is 0 Å². The molecule has 0 heterocycles. The Morgan fingerprint density at radius 3 is 2.31 bits per heavy atom. The molecule has 0 atom stereocenters. The molecule has 70 valence electrons. The van der Waals surface area contributed by atoms with Crippen molar-refractivity contribution in [2.45, 2.75) is 20.8 Å². The van der Waals surface area contributed by atoms with E-state index in [0.29, 0.717) is 16.8 Å². The summed E-state index contributed by atoms with van der Waals surface area (Å²) < 4.78 is 0. The van der Waals surface area contributed by atoms with E-state index in [-0.39, 0.29) is 10.6 Å². The lowest BCUT2D eigenvalue weighted by Crippen LogP contribution is -2.01. The lowest BCUT2D eigenvalue weighted by atomic mass is 10.0. The van der Waals surface area contributed by atoms with Gasteiger partial charge in [-0.15, -0.1) is 0 Å². The summed E-state index contributed by atoms with van der Waals surface area (Å²) in [5, 5.41) is 10.7. The molecule has 2 N–H and O–H groups in total. The number of benzene rings is 1. The van der Waals surface area contributed by atoms with Gasteiger partial charge in [-0.1, -0.05) is 0 Å². The van der Waals surface area contributed by atoms with Gasteiger partial charge in [0.25, 0.3) is 5.69 Å². The molecule has 1 aromatic rings. The van der Waals surface area contributed by atoms with Crippen LogP contribution in [0, 0.1) is 30.9 Å². The van der Waals surface area contributed by atoms with E-state index in [1.807, 2.05) is 6.92 Å². The van der Waals surface area contributed by atoms with Crippen LogP contribution in [0.4, 0.5) is 11.4 Å². The molecule has 1 aromatic carbocycles. The zero-order chi connectivity index (χ0) is 10.2. The van der Waals surface area contributed by atoms with Crippen LogP contribution in [-0.4, -0.2) is 4.92 Å². The average molecular weight is 180 g/mol. The molecule has 0 amide bonds. The maximum absolute atomic E-state index is 10.7. The van der Waals surface area contributed by atoms with Gasteiger partial charge in [0.1, 0.15) is 0 Å². The number of anilines is 1. The molecule has 0 unspecified atom stereocenters. The second kappa shape index (κ2) is 3.05. The van der Waals surface area contributed by atoms with Gasteiger partial charge >= 0.3 is 0 Å². The summed E-state index contributed by atoms with van der Waals surface area (Å²) in [6.07, 6.45) is 0. The predicted octanol–water partition coefficient (Wildman–Crippen LogP) is 2.10. The van der Waals surface area contributed by atoms with E-state index < -0.39 is 0 Å². The van der Waals surface area contributed by atoms with Crippen LogP contribution in [0.25, 0.3) is 0 Å². The Kier molecular flexibility index (Phi) is 2.23. The van der Waals surface area contributed by atoms with E-state index in [0.717, 1.165) is 5.56 Å². The molecule has 4 nitrogen and oxygen atoms in total. The van der Waals surface area contributed by atoms with Crippen molar-refractivity contribution in [3.05, 3.63) is 32.9 Å². The molecule has 4 heteroatoms. The quantitative estimate of drug-likeness (QED) is 0.408. The Morgan fingerprint density at radius 2 is 1.85 bits per heavy atom. The van der Waals surface area contributed by atoms with Crippen molar-refractivity contribution < 1.29 is 4.92 Å². The van der Waals surface area contributed by atoms with Crippen LogP contribution in [-0.2, 0) is 0 Å². The first-order valence-corrected chi connectivity index (χ1v) is 3.95. The number of nitrogen functional groups attached to an aromatic ring is 1. The van der Waals surface area contributed by atoms with Gasteiger partial charge in [-0.2, -0.15) is 0 Å². The van der Waals surface area contributed by atoms with Gasteiger partial charge in [-0.3, -0.25) is 10.1 Å². The summed E-state index contributed by atoms with van der Waals surface area (Å²) in [5.41, 5.74) is 8.43. The van der Waals surface area contributed by atoms with E-state index in [2.05, 4.69) is 0 Å². The Morgan fingerprint density at radius 1 is 1.31 bits per heavy atom. The topological polar surface area (TPSA) is 69.2 Å². The molecule has 0 saturated carbocycles. The van der Waals surface area contributed by atoms with Crippen LogP contribution in [0.2, 0.25) is 0 Å². The highest BCUT2D eigenvalue weighted by molar-refractivity contribution is 5.64. The van der Waals surface area contributed by atoms with Gasteiger partial charge in [0.15, 0.2) is 0 Å². The Labute approximate surface area is 76.5 Å². The predicted molar refractivity (Wildman–Crippen MR) is 51.7 cm³/mol. The molecule has 0 spiro atoms. The lowest BCUT2D eigenvalue weighted by molar-refractivity contribution is -0.386. The molecule has 13 heavy (non-hydrogen) atoms. The first-order valence-electron chi connectivity index (χ1n) is 3.95. The first-order chi connectivity index (χ1) is 5.95. The van der Waals surface area contributed by atoms with Gasteiger partial charge < -0.3 is 5.73 Å². The summed E-state index contributed by atoms with van der Waals surface area (Å²) in [5.74, 6) is 0. The lowest BCUT2D eigenvalue weighted by Gasteiger charge is -2.07. The zero-order valence-electron chi connectivity index (χ0n) is 7.92. The first kappa shape index (κ1) is 9.51. The van der Waals surface area contributed by atoms with E-state index in [1.165, 1.54) is 0 Å². The third kappa shape index (κ3) is 1.47. The number of nitrogens with zero attached hydrogens (tertiary/aromatic N) is 1. The fraction of sp³-hybridized carbons (Fsp3) is 0.333. The van der Waals surface area contributed by atoms with Crippen molar-refractivity contribution in [2.24, 2.45) is 0 Å². The molecule has 0 aromatic heterocycles. The zero-order valence-corrected chi connectivity index (χ0v) is 7.92. The van der Waals surface area contributed by atoms with E-state index in [4.69, 9.17) is 5.73 Å². The molecule has 0 bridgehead atoms. The molecule has 0 aliphatic heterocycles. The highest BCUT2D eigenvalue weighted by Crippen LogP contribution is 2.29. The average Bonchev–Trinajstić information content (AvgIpc) is 1.99. The maximum atomic E-state index is 10.7. The second-order valence-corrected chi connectivity index (χ2v) is 3.15. The summed E-state index contributed by atoms with van der Waals surface area (Å²) in [6, 6.07) is 1.74. The standard InChI is InChI=1S/C9H12N2O2/c1-5-4-6(2)9(11(12)13)7(3)8(5)10/h4H,10H2,1-3H3.